The van der Waals surface area contributed by atoms with Gasteiger partial charge in [-0.25, -0.2) is 19.5 Å². The summed E-state index contributed by atoms with van der Waals surface area (Å²) in [6.45, 7) is 2.86. The maximum absolute atomic E-state index is 5.75. The standard InChI is InChI=1S/C18H18N8/c1-11-3-2-5-26-15(11)7-14(24-26)17-16-13(22-10-23-16)4-6-25(17)18-20-8-12(19)9-21-18/h2-3,5,7-10,17H,4,6,19H2,1H3,(H,22,23). The number of nitrogen functional groups attached to an aromatic ring is 1. The van der Waals surface area contributed by atoms with Crippen LogP contribution in [0, 0.1) is 6.92 Å². The van der Waals surface area contributed by atoms with Crippen molar-refractivity contribution in [3.8, 4) is 0 Å². The monoisotopic (exact) mass is 346 g/mol. The van der Waals surface area contributed by atoms with Crippen molar-refractivity contribution in [1.29, 1.82) is 0 Å². The Bertz CT molecular complexity index is 1080. The Balaban J connectivity index is 1.68. The second-order valence-corrected chi connectivity index (χ2v) is 6.52. The quantitative estimate of drug-likeness (QED) is 0.575. The summed E-state index contributed by atoms with van der Waals surface area (Å²) in [6.07, 6.45) is 7.82. The van der Waals surface area contributed by atoms with Gasteiger partial charge in [-0.2, -0.15) is 5.10 Å². The molecule has 0 saturated heterocycles. The molecule has 0 spiro atoms. The highest BCUT2D eigenvalue weighted by molar-refractivity contribution is 5.57. The molecule has 0 aromatic carbocycles. The van der Waals surface area contributed by atoms with Crippen LogP contribution < -0.4 is 10.6 Å². The van der Waals surface area contributed by atoms with Crippen molar-refractivity contribution in [2.24, 2.45) is 0 Å². The lowest BCUT2D eigenvalue weighted by atomic mass is 10.00. The number of aryl methyl sites for hydroxylation is 1. The zero-order chi connectivity index (χ0) is 17.7. The van der Waals surface area contributed by atoms with Gasteiger partial charge in [-0.05, 0) is 24.6 Å². The van der Waals surface area contributed by atoms with Crippen molar-refractivity contribution < 1.29 is 0 Å². The minimum Gasteiger partial charge on any atom is -0.396 e. The van der Waals surface area contributed by atoms with E-state index in [-0.39, 0.29) is 6.04 Å². The van der Waals surface area contributed by atoms with E-state index in [4.69, 9.17) is 10.8 Å². The number of rotatable bonds is 2. The number of aromatic amines is 1. The minimum atomic E-state index is -0.145. The molecule has 5 rings (SSSR count). The van der Waals surface area contributed by atoms with E-state index in [1.54, 1.807) is 18.7 Å². The molecule has 1 atom stereocenters. The van der Waals surface area contributed by atoms with Crippen LogP contribution in [0.5, 0.6) is 0 Å². The Labute approximate surface area is 149 Å². The first-order valence-corrected chi connectivity index (χ1v) is 8.52. The Morgan fingerprint density at radius 1 is 1.23 bits per heavy atom. The summed E-state index contributed by atoms with van der Waals surface area (Å²) < 4.78 is 1.91. The van der Waals surface area contributed by atoms with Crippen molar-refractivity contribution in [2.75, 3.05) is 17.2 Å². The van der Waals surface area contributed by atoms with Gasteiger partial charge < -0.3 is 15.6 Å². The molecule has 0 fully saturated rings. The molecule has 0 saturated carbocycles. The highest BCUT2D eigenvalue weighted by atomic mass is 15.3. The third-order valence-electron chi connectivity index (χ3n) is 4.85. The first-order valence-electron chi connectivity index (χ1n) is 8.52. The lowest BCUT2D eigenvalue weighted by Crippen LogP contribution is -2.37. The highest BCUT2D eigenvalue weighted by Gasteiger charge is 2.34. The Hall–Kier alpha value is -3.42. The average Bonchev–Trinajstić information content (AvgIpc) is 3.29. The van der Waals surface area contributed by atoms with Crippen molar-refractivity contribution in [2.45, 2.75) is 19.4 Å². The van der Waals surface area contributed by atoms with Crippen molar-refractivity contribution in [3.05, 3.63) is 65.8 Å². The number of hydrogen-bond acceptors (Lipinski definition) is 6. The maximum atomic E-state index is 5.75. The maximum Gasteiger partial charge on any atom is 0.226 e. The van der Waals surface area contributed by atoms with Gasteiger partial charge in [0.1, 0.15) is 6.04 Å². The second kappa shape index (κ2) is 5.55. The van der Waals surface area contributed by atoms with Crippen molar-refractivity contribution >= 4 is 17.2 Å². The number of anilines is 2. The number of nitrogens with zero attached hydrogens (tertiary/aromatic N) is 6. The molecule has 0 radical (unpaired) electrons. The molecule has 0 amide bonds. The summed E-state index contributed by atoms with van der Waals surface area (Å²) in [5.41, 5.74) is 11.6. The molecule has 4 aromatic rings. The number of aromatic nitrogens is 6. The Kier molecular flexibility index (Phi) is 3.18. The molecule has 4 aromatic heterocycles. The van der Waals surface area contributed by atoms with Gasteiger partial charge in [-0.3, -0.25) is 0 Å². The van der Waals surface area contributed by atoms with E-state index in [1.165, 1.54) is 5.56 Å². The normalized spacial score (nSPS) is 16.8. The smallest absolute Gasteiger partial charge is 0.226 e. The number of nitrogens with two attached hydrogens (primary N) is 1. The van der Waals surface area contributed by atoms with E-state index in [2.05, 4.69) is 43.9 Å². The van der Waals surface area contributed by atoms with Crippen molar-refractivity contribution in [3.63, 3.8) is 0 Å². The van der Waals surface area contributed by atoms with Crippen LogP contribution in [-0.2, 0) is 6.42 Å². The van der Waals surface area contributed by atoms with Gasteiger partial charge in [0, 0.05) is 24.9 Å². The summed E-state index contributed by atoms with van der Waals surface area (Å²) in [6, 6.07) is 6.06. The van der Waals surface area contributed by atoms with Crippen LogP contribution in [0.25, 0.3) is 5.52 Å². The van der Waals surface area contributed by atoms with Crippen LogP contribution in [0.4, 0.5) is 11.6 Å². The highest BCUT2D eigenvalue weighted by Crippen LogP contribution is 2.35. The third kappa shape index (κ3) is 2.22. The summed E-state index contributed by atoms with van der Waals surface area (Å²) in [7, 11) is 0. The topological polar surface area (TPSA) is 101 Å². The average molecular weight is 346 g/mol. The van der Waals surface area contributed by atoms with Gasteiger partial charge in [0.2, 0.25) is 5.95 Å². The molecular formula is C18H18N8. The van der Waals surface area contributed by atoms with Gasteiger partial charge >= 0.3 is 0 Å². The number of H-pyrrole nitrogens is 1. The third-order valence-corrected chi connectivity index (χ3v) is 4.85. The fourth-order valence-corrected chi connectivity index (χ4v) is 3.58. The predicted octanol–water partition coefficient (Wildman–Crippen LogP) is 1.89. The summed E-state index contributed by atoms with van der Waals surface area (Å²) in [5.74, 6) is 0.631. The number of fused-ring (bicyclic) bond motifs is 2. The zero-order valence-electron chi connectivity index (χ0n) is 14.3. The molecule has 1 unspecified atom stereocenters. The number of pyridine rings is 1. The SMILES string of the molecule is Cc1cccn2nc(C3c4nc[nH]c4CCN3c3ncc(N)cn3)cc12. The minimum absolute atomic E-state index is 0.145. The van der Waals surface area contributed by atoms with Crippen LogP contribution in [0.3, 0.4) is 0 Å². The van der Waals surface area contributed by atoms with Gasteiger partial charge in [-0.1, -0.05) is 6.07 Å². The summed E-state index contributed by atoms with van der Waals surface area (Å²) in [5, 5.41) is 4.81. The molecule has 1 aliphatic heterocycles. The molecule has 130 valence electrons. The molecular weight excluding hydrogens is 328 g/mol. The van der Waals surface area contributed by atoms with E-state index < -0.39 is 0 Å². The van der Waals surface area contributed by atoms with E-state index in [0.29, 0.717) is 11.6 Å². The van der Waals surface area contributed by atoms with Crippen LogP contribution in [0.15, 0.2) is 43.1 Å². The first-order chi connectivity index (χ1) is 12.7. The molecule has 0 bridgehead atoms. The van der Waals surface area contributed by atoms with Gasteiger partial charge in [0.05, 0.1) is 41.3 Å². The first kappa shape index (κ1) is 14.9. The fraction of sp³-hybridized carbons (Fsp3) is 0.222. The summed E-state index contributed by atoms with van der Waals surface area (Å²) in [4.78, 5) is 18.8. The Morgan fingerprint density at radius 3 is 2.88 bits per heavy atom. The molecule has 3 N–H and O–H groups in total. The second-order valence-electron chi connectivity index (χ2n) is 6.52. The van der Waals surface area contributed by atoms with E-state index in [9.17, 15) is 0 Å². The van der Waals surface area contributed by atoms with Crippen LogP contribution in [0.2, 0.25) is 0 Å². The van der Waals surface area contributed by atoms with Crippen LogP contribution >= 0.6 is 0 Å². The van der Waals surface area contributed by atoms with E-state index in [1.807, 2.05) is 16.8 Å². The number of imidazole rings is 1. The summed E-state index contributed by atoms with van der Waals surface area (Å²) >= 11 is 0. The lowest BCUT2D eigenvalue weighted by Gasteiger charge is -2.33. The number of hydrogen-bond donors (Lipinski definition) is 2. The number of nitrogens with one attached hydrogen (secondary N) is 1. The molecule has 0 aliphatic carbocycles. The van der Waals surface area contributed by atoms with Crippen molar-refractivity contribution in [1.82, 2.24) is 29.5 Å². The van der Waals surface area contributed by atoms with Gasteiger partial charge in [0.25, 0.3) is 0 Å². The zero-order valence-corrected chi connectivity index (χ0v) is 14.3. The van der Waals surface area contributed by atoms with Gasteiger partial charge in [-0.15, -0.1) is 0 Å². The predicted molar refractivity (Wildman–Crippen MR) is 97.9 cm³/mol. The molecule has 8 nitrogen and oxygen atoms in total. The largest absolute Gasteiger partial charge is 0.396 e. The molecule has 1 aliphatic rings. The molecule has 5 heterocycles. The van der Waals surface area contributed by atoms with E-state index >= 15 is 0 Å². The van der Waals surface area contributed by atoms with Crippen LogP contribution in [-0.4, -0.2) is 36.1 Å². The molecule has 8 heteroatoms. The Morgan fingerprint density at radius 2 is 2.08 bits per heavy atom. The van der Waals surface area contributed by atoms with Crippen LogP contribution in [0.1, 0.15) is 28.7 Å². The fourth-order valence-electron chi connectivity index (χ4n) is 3.58. The lowest BCUT2D eigenvalue weighted by molar-refractivity contribution is 0.602. The van der Waals surface area contributed by atoms with Gasteiger partial charge in [0.15, 0.2) is 0 Å². The molecule has 26 heavy (non-hydrogen) atoms. The van der Waals surface area contributed by atoms with E-state index in [0.717, 1.165) is 35.6 Å².